The predicted octanol–water partition coefficient (Wildman–Crippen LogP) is 3.35. The second-order valence-corrected chi connectivity index (χ2v) is 7.83. The molecule has 2 rings (SSSR count). The van der Waals surface area contributed by atoms with Crippen LogP contribution in [0.4, 0.5) is 0 Å². The van der Waals surface area contributed by atoms with Gasteiger partial charge in [0.2, 0.25) is 0 Å². The topological polar surface area (TPSA) is 80.8 Å². The summed E-state index contributed by atoms with van der Waals surface area (Å²) in [5.74, 6) is 0.731. The highest BCUT2D eigenvalue weighted by molar-refractivity contribution is 7.09. The van der Waals surface area contributed by atoms with E-state index in [9.17, 15) is 9.59 Å². The van der Waals surface area contributed by atoms with Gasteiger partial charge in [-0.25, -0.2) is 4.98 Å². The molecule has 28 heavy (non-hydrogen) atoms. The second-order valence-electron chi connectivity index (χ2n) is 6.88. The molecule has 2 amide bonds. The summed E-state index contributed by atoms with van der Waals surface area (Å²) in [4.78, 5) is 31.3. The summed E-state index contributed by atoms with van der Waals surface area (Å²) < 4.78 is 10.5. The molecule has 152 valence electrons. The number of methoxy groups -OCH3 is 2. The molecule has 0 saturated carbocycles. The fourth-order valence-corrected chi connectivity index (χ4v) is 3.33. The van der Waals surface area contributed by atoms with Crippen LogP contribution < -0.4 is 14.8 Å². The number of hydrogen-bond acceptors (Lipinski definition) is 6. The van der Waals surface area contributed by atoms with E-state index in [0.29, 0.717) is 34.3 Å². The summed E-state index contributed by atoms with van der Waals surface area (Å²) in [6.45, 7) is 7.99. The summed E-state index contributed by atoms with van der Waals surface area (Å²) >= 11 is 1.36. The van der Waals surface area contributed by atoms with Crippen molar-refractivity contribution in [3.05, 3.63) is 39.8 Å². The number of aromatic nitrogens is 1. The van der Waals surface area contributed by atoms with Crippen molar-refractivity contribution in [1.82, 2.24) is 15.2 Å². The van der Waals surface area contributed by atoms with Crippen LogP contribution >= 0.6 is 11.3 Å². The van der Waals surface area contributed by atoms with Gasteiger partial charge in [-0.15, -0.1) is 11.3 Å². The average Bonchev–Trinajstić information content (AvgIpc) is 3.13. The van der Waals surface area contributed by atoms with Crippen LogP contribution in [0.1, 0.15) is 53.5 Å². The van der Waals surface area contributed by atoms with Crippen LogP contribution in [0.15, 0.2) is 23.6 Å². The normalized spacial score (nSPS) is 10.9. The number of thiazole rings is 1. The Morgan fingerprint density at radius 1 is 1.11 bits per heavy atom. The van der Waals surface area contributed by atoms with Crippen LogP contribution in [0.2, 0.25) is 0 Å². The lowest BCUT2D eigenvalue weighted by atomic mass is 10.1. The standard InChI is InChI=1S/C20H27N3O4S/c1-12(2)21-19(24)17-11-28-18(22-17)10-23(13(3)4)20(25)14-7-15(26-5)9-16(8-14)27-6/h7-9,11-13H,10H2,1-6H3,(H,21,24). The van der Waals surface area contributed by atoms with Gasteiger partial charge in [-0.3, -0.25) is 9.59 Å². The Hall–Kier alpha value is -2.61. The zero-order valence-corrected chi connectivity index (χ0v) is 17.9. The third-order valence-electron chi connectivity index (χ3n) is 3.99. The molecular formula is C20H27N3O4S. The average molecular weight is 406 g/mol. The minimum absolute atomic E-state index is 0.0365. The van der Waals surface area contributed by atoms with Gasteiger partial charge in [0, 0.05) is 29.1 Å². The number of benzene rings is 1. The molecule has 0 spiro atoms. The summed E-state index contributed by atoms with van der Waals surface area (Å²) in [5.41, 5.74) is 0.840. The van der Waals surface area contributed by atoms with E-state index in [0.717, 1.165) is 0 Å². The van der Waals surface area contributed by atoms with Crippen LogP contribution in [0.5, 0.6) is 11.5 Å². The molecule has 0 radical (unpaired) electrons. The lowest BCUT2D eigenvalue weighted by molar-refractivity contribution is 0.0689. The van der Waals surface area contributed by atoms with Crippen molar-refractivity contribution in [2.75, 3.05) is 14.2 Å². The molecule has 1 N–H and O–H groups in total. The number of ether oxygens (including phenoxy) is 2. The number of carbonyl (C=O) groups excluding carboxylic acids is 2. The number of amides is 2. The molecule has 1 aromatic heterocycles. The van der Waals surface area contributed by atoms with Gasteiger partial charge in [-0.2, -0.15) is 0 Å². The van der Waals surface area contributed by atoms with Crippen LogP contribution in [0.3, 0.4) is 0 Å². The van der Waals surface area contributed by atoms with Crippen molar-refractivity contribution in [3.63, 3.8) is 0 Å². The molecule has 0 unspecified atom stereocenters. The maximum Gasteiger partial charge on any atom is 0.270 e. The van der Waals surface area contributed by atoms with Crippen molar-refractivity contribution < 1.29 is 19.1 Å². The smallest absolute Gasteiger partial charge is 0.270 e. The highest BCUT2D eigenvalue weighted by atomic mass is 32.1. The Labute approximate surface area is 169 Å². The van der Waals surface area contributed by atoms with Gasteiger partial charge in [-0.05, 0) is 39.8 Å². The Morgan fingerprint density at radius 3 is 2.21 bits per heavy atom. The fourth-order valence-electron chi connectivity index (χ4n) is 2.56. The van der Waals surface area contributed by atoms with Gasteiger partial charge < -0.3 is 19.7 Å². The Balaban J connectivity index is 2.23. The fraction of sp³-hybridized carbons (Fsp3) is 0.450. The number of nitrogens with one attached hydrogen (secondary N) is 1. The van der Waals surface area contributed by atoms with Gasteiger partial charge in [-0.1, -0.05) is 0 Å². The molecule has 0 aliphatic carbocycles. The van der Waals surface area contributed by atoms with Crippen LogP contribution in [0.25, 0.3) is 0 Å². The molecule has 0 saturated heterocycles. The summed E-state index contributed by atoms with van der Waals surface area (Å²) in [6.07, 6.45) is 0. The SMILES string of the molecule is COc1cc(OC)cc(C(=O)N(Cc2nc(C(=O)NC(C)C)cs2)C(C)C)c1. The van der Waals surface area contributed by atoms with E-state index in [4.69, 9.17) is 9.47 Å². The highest BCUT2D eigenvalue weighted by Gasteiger charge is 2.22. The zero-order chi connectivity index (χ0) is 20.8. The molecule has 0 aliphatic rings. The van der Waals surface area contributed by atoms with Crippen molar-refractivity contribution >= 4 is 23.2 Å². The molecular weight excluding hydrogens is 378 g/mol. The summed E-state index contributed by atoms with van der Waals surface area (Å²) in [5, 5.41) is 5.23. The minimum atomic E-state index is -0.211. The third kappa shape index (κ3) is 5.45. The molecule has 0 atom stereocenters. The number of carbonyl (C=O) groups is 2. The maximum atomic E-state index is 13.1. The monoisotopic (exact) mass is 405 g/mol. The van der Waals surface area contributed by atoms with E-state index in [2.05, 4.69) is 10.3 Å². The van der Waals surface area contributed by atoms with Gasteiger partial charge in [0.15, 0.2) is 0 Å². The van der Waals surface area contributed by atoms with Crippen LogP contribution in [-0.2, 0) is 6.54 Å². The number of rotatable bonds is 8. The third-order valence-corrected chi connectivity index (χ3v) is 4.83. The molecule has 1 aromatic carbocycles. The zero-order valence-electron chi connectivity index (χ0n) is 17.1. The Morgan fingerprint density at radius 2 is 1.71 bits per heavy atom. The molecule has 1 heterocycles. The van der Waals surface area contributed by atoms with Gasteiger partial charge in [0.05, 0.1) is 20.8 Å². The molecule has 7 nitrogen and oxygen atoms in total. The summed E-state index contributed by atoms with van der Waals surface area (Å²) in [6, 6.07) is 5.07. The minimum Gasteiger partial charge on any atom is -0.497 e. The van der Waals surface area contributed by atoms with E-state index >= 15 is 0 Å². The van der Waals surface area contributed by atoms with Gasteiger partial charge in [0.1, 0.15) is 22.2 Å². The first-order chi connectivity index (χ1) is 13.2. The van der Waals surface area contributed by atoms with Crippen molar-refractivity contribution in [2.45, 2.75) is 46.3 Å². The summed E-state index contributed by atoms with van der Waals surface area (Å²) in [7, 11) is 3.09. The van der Waals surface area contributed by atoms with Crippen LogP contribution in [0, 0.1) is 0 Å². The lowest BCUT2D eigenvalue weighted by Gasteiger charge is -2.26. The Bertz CT molecular complexity index is 810. The van der Waals surface area contributed by atoms with E-state index in [-0.39, 0.29) is 23.9 Å². The van der Waals surface area contributed by atoms with E-state index in [1.807, 2.05) is 27.7 Å². The highest BCUT2D eigenvalue weighted by Crippen LogP contribution is 2.25. The largest absolute Gasteiger partial charge is 0.497 e. The number of nitrogens with zero attached hydrogens (tertiary/aromatic N) is 2. The first kappa shape index (κ1) is 21.7. The first-order valence-electron chi connectivity index (χ1n) is 9.04. The van der Waals surface area contributed by atoms with Crippen molar-refractivity contribution in [2.24, 2.45) is 0 Å². The van der Waals surface area contributed by atoms with Crippen molar-refractivity contribution in [3.8, 4) is 11.5 Å². The maximum absolute atomic E-state index is 13.1. The molecule has 8 heteroatoms. The molecule has 0 aliphatic heterocycles. The molecule has 0 fully saturated rings. The van der Waals surface area contributed by atoms with Crippen molar-refractivity contribution in [1.29, 1.82) is 0 Å². The Kier molecular flexibility index (Phi) is 7.39. The quantitative estimate of drug-likeness (QED) is 0.728. The predicted molar refractivity (Wildman–Crippen MR) is 109 cm³/mol. The molecule has 2 aromatic rings. The number of hydrogen-bond donors (Lipinski definition) is 1. The van der Waals surface area contributed by atoms with E-state index in [1.165, 1.54) is 11.3 Å². The van der Waals surface area contributed by atoms with Gasteiger partial charge >= 0.3 is 0 Å². The van der Waals surface area contributed by atoms with E-state index < -0.39 is 0 Å². The van der Waals surface area contributed by atoms with Gasteiger partial charge in [0.25, 0.3) is 11.8 Å². The van der Waals surface area contributed by atoms with E-state index in [1.54, 1.807) is 42.7 Å². The lowest BCUT2D eigenvalue weighted by Crippen LogP contribution is -2.36. The van der Waals surface area contributed by atoms with Crippen LogP contribution in [-0.4, -0.2) is 48.0 Å². The molecule has 0 bridgehead atoms. The first-order valence-corrected chi connectivity index (χ1v) is 9.92. The second kappa shape index (κ2) is 9.54.